The number of rotatable bonds is 3. The average Bonchev–Trinajstić information content (AvgIpc) is 3.04. The molecular weight excluding hydrogens is 246 g/mol. The molecule has 0 amide bonds. The molecule has 0 atom stereocenters. The van der Waals surface area contributed by atoms with Crippen LogP contribution in [0.3, 0.4) is 0 Å². The summed E-state index contributed by atoms with van der Waals surface area (Å²) in [5.74, 6) is 1.23. The third-order valence-electron chi connectivity index (χ3n) is 2.51. The first-order valence-corrected chi connectivity index (χ1v) is 5.62. The van der Waals surface area contributed by atoms with E-state index in [4.69, 9.17) is 15.3 Å². The van der Waals surface area contributed by atoms with Crippen LogP contribution in [-0.4, -0.2) is 31.3 Å². The second-order valence-corrected chi connectivity index (χ2v) is 3.81. The molecule has 0 spiro atoms. The summed E-state index contributed by atoms with van der Waals surface area (Å²) in [6.07, 6.45) is 4.79. The molecule has 3 rings (SSSR count). The molecule has 0 aliphatic rings. The zero-order valence-corrected chi connectivity index (χ0v) is 9.89. The molecule has 0 bridgehead atoms. The molecule has 0 aromatic carbocycles. The zero-order chi connectivity index (χ0) is 13.2. The van der Waals surface area contributed by atoms with Crippen molar-refractivity contribution in [3.05, 3.63) is 36.2 Å². The number of hydrogen-bond acceptors (Lipinski definition) is 6. The summed E-state index contributed by atoms with van der Waals surface area (Å²) in [6, 6.07) is 5.25. The lowest BCUT2D eigenvalue weighted by Gasteiger charge is -1.98. The van der Waals surface area contributed by atoms with Gasteiger partial charge in [-0.25, -0.2) is 9.97 Å². The number of fused-ring (bicyclic) bond motifs is 1. The summed E-state index contributed by atoms with van der Waals surface area (Å²) in [6.45, 7) is -0.0584. The first-order valence-electron chi connectivity index (χ1n) is 5.62. The van der Waals surface area contributed by atoms with Crippen LogP contribution in [0.15, 0.2) is 35.0 Å². The van der Waals surface area contributed by atoms with Crippen LogP contribution in [-0.2, 0) is 0 Å². The van der Waals surface area contributed by atoms with Gasteiger partial charge in [0.15, 0.2) is 11.4 Å². The Morgan fingerprint density at radius 1 is 1.42 bits per heavy atom. The minimum atomic E-state index is -0.0584. The van der Waals surface area contributed by atoms with Gasteiger partial charge in [-0.1, -0.05) is 6.08 Å². The van der Waals surface area contributed by atoms with Crippen LogP contribution in [0.4, 0.5) is 5.95 Å². The number of hydrogen-bond donors (Lipinski definition) is 2. The smallest absolute Gasteiger partial charge is 0.223 e. The van der Waals surface area contributed by atoms with Gasteiger partial charge in [-0.3, -0.25) is 0 Å². The van der Waals surface area contributed by atoms with Crippen LogP contribution in [0.2, 0.25) is 0 Å². The van der Waals surface area contributed by atoms with Gasteiger partial charge in [0.1, 0.15) is 0 Å². The zero-order valence-electron chi connectivity index (χ0n) is 9.89. The first-order chi connectivity index (χ1) is 9.28. The van der Waals surface area contributed by atoms with Crippen LogP contribution < -0.4 is 5.73 Å². The van der Waals surface area contributed by atoms with E-state index in [-0.39, 0.29) is 12.6 Å². The highest BCUT2D eigenvalue weighted by Gasteiger charge is 2.11. The SMILES string of the molecule is Nc1nc(/C=C/CO)cc2nc(-c3ccco3)nn12. The molecule has 96 valence electrons. The fraction of sp³-hybridized carbons (Fsp3) is 0.0833. The fourth-order valence-electron chi connectivity index (χ4n) is 1.70. The number of aliphatic hydroxyl groups is 1. The van der Waals surface area contributed by atoms with Crippen molar-refractivity contribution >= 4 is 17.7 Å². The van der Waals surface area contributed by atoms with E-state index in [1.807, 2.05) is 0 Å². The van der Waals surface area contributed by atoms with E-state index in [1.165, 1.54) is 4.52 Å². The molecule has 0 radical (unpaired) electrons. The Bertz CT molecular complexity index is 730. The van der Waals surface area contributed by atoms with Gasteiger partial charge in [-0.15, -0.1) is 5.10 Å². The van der Waals surface area contributed by atoms with Crippen LogP contribution in [0.25, 0.3) is 23.3 Å². The summed E-state index contributed by atoms with van der Waals surface area (Å²) in [5, 5.41) is 13.0. The van der Waals surface area contributed by atoms with Gasteiger partial charge in [0.2, 0.25) is 11.8 Å². The molecule has 3 N–H and O–H groups in total. The summed E-state index contributed by atoms with van der Waals surface area (Å²) < 4.78 is 6.68. The van der Waals surface area contributed by atoms with Crippen LogP contribution in [0.5, 0.6) is 0 Å². The Morgan fingerprint density at radius 2 is 2.32 bits per heavy atom. The number of furan rings is 1. The Labute approximate surface area is 108 Å². The van der Waals surface area contributed by atoms with E-state index in [0.29, 0.717) is 22.9 Å². The monoisotopic (exact) mass is 257 g/mol. The Morgan fingerprint density at radius 3 is 3.05 bits per heavy atom. The number of nitrogens with zero attached hydrogens (tertiary/aromatic N) is 4. The largest absolute Gasteiger partial charge is 0.461 e. The lowest BCUT2D eigenvalue weighted by atomic mass is 10.3. The van der Waals surface area contributed by atoms with E-state index in [0.717, 1.165) is 0 Å². The number of anilines is 1. The Kier molecular flexibility index (Phi) is 2.73. The maximum absolute atomic E-state index is 8.75. The number of aromatic nitrogens is 4. The molecule has 19 heavy (non-hydrogen) atoms. The summed E-state index contributed by atoms with van der Waals surface area (Å²) in [5.41, 5.74) is 6.99. The molecule has 0 aliphatic carbocycles. The van der Waals surface area contributed by atoms with Crippen molar-refractivity contribution in [2.75, 3.05) is 12.3 Å². The van der Waals surface area contributed by atoms with Crippen LogP contribution in [0.1, 0.15) is 5.69 Å². The van der Waals surface area contributed by atoms with Gasteiger partial charge < -0.3 is 15.3 Å². The molecule has 3 aromatic rings. The normalized spacial score (nSPS) is 11.6. The quantitative estimate of drug-likeness (QED) is 0.724. The molecule has 3 heterocycles. The van der Waals surface area contributed by atoms with Crippen molar-refractivity contribution in [1.82, 2.24) is 19.6 Å². The Hall–Kier alpha value is -2.67. The molecule has 0 saturated heterocycles. The highest BCUT2D eigenvalue weighted by Crippen LogP contribution is 2.18. The van der Waals surface area contributed by atoms with Crippen molar-refractivity contribution in [3.8, 4) is 11.6 Å². The van der Waals surface area contributed by atoms with Crippen molar-refractivity contribution in [2.45, 2.75) is 0 Å². The van der Waals surface area contributed by atoms with Gasteiger partial charge in [-0.2, -0.15) is 4.52 Å². The summed E-state index contributed by atoms with van der Waals surface area (Å²) in [7, 11) is 0. The molecule has 0 saturated carbocycles. The number of nitrogens with two attached hydrogens (primary N) is 1. The average molecular weight is 257 g/mol. The van der Waals surface area contributed by atoms with E-state index >= 15 is 0 Å². The maximum Gasteiger partial charge on any atom is 0.223 e. The minimum Gasteiger partial charge on any atom is -0.461 e. The topological polar surface area (TPSA) is 102 Å². The minimum absolute atomic E-state index is 0.0584. The molecule has 0 unspecified atom stereocenters. The van der Waals surface area contributed by atoms with Crippen molar-refractivity contribution in [1.29, 1.82) is 0 Å². The molecular formula is C12H11N5O2. The summed E-state index contributed by atoms with van der Waals surface area (Å²) >= 11 is 0. The lowest BCUT2D eigenvalue weighted by Crippen LogP contribution is -2.03. The van der Waals surface area contributed by atoms with Gasteiger partial charge in [0, 0.05) is 6.07 Å². The Balaban J connectivity index is 2.12. The van der Waals surface area contributed by atoms with E-state index in [1.54, 1.807) is 36.6 Å². The molecule has 7 heteroatoms. The first kappa shape index (κ1) is 11.4. The van der Waals surface area contributed by atoms with Gasteiger partial charge in [0.05, 0.1) is 18.6 Å². The highest BCUT2D eigenvalue weighted by atomic mass is 16.3. The second kappa shape index (κ2) is 4.54. The third kappa shape index (κ3) is 2.06. The number of aliphatic hydroxyl groups excluding tert-OH is 1. The number of nitrogen functional groups attached to an aromatic ring is 1. The standard InChI is InChI=1S/C12H11N5O2/c13-12-14-8(3-1-5-18)7-10-15-11(16-17(10)12)9-4-2-6-19-9/h1-4,6-7,18H,5H2,(H2,13,14)/b3-1+. The van der Waals surface area contributed by atoms with E-state index in [2.05, 4.69) is 15.1 Å². The summed E-state index contributed by atoms with van der Waals surface area (Å²) in [4.78, 5) is 8.47. The lowest BCUT2D eigenvalue weighted by molar-refractivity contribution is 0.343. The van der Waals surface area contributed by atoms with E-state index in [9.17, 15) is 0 Å². The van der Waals surface area contributed by atoms with Crippen molar-refractivity contribution < 1.29 is 9.52 Å². The van der Waals surface area contributed by atoms with Crippen molar-refractivity contribution in [2.24, 2.45) is 0 Å². The fourth-order valence-corrected chi connectivity index (χ4v) is 1.70. The predicted molar refractivity (Wildman–Crippen MR) is 69.0 cm³/mol. The third-order valence-corrected chi connectivity index (χ3v) is 2.51. The second-order valence-electron chi connectivity index (χ2n) is 3.81. The van der Waals surface area contributed by atoms with Gasteiger partial charge in [-0.05, 0) is 18.2 Å². The van der Waals surface area contributed by atoms with Crippen LogP contribution in [0, 0.1) is 0 Å². The van der Waals surface area contributed by atoms with Gasteiger partial charge >= 0.3 is 0 Å². The predicted octanol–water partition coefficient (Wildman–Crippen LogP) is 0.972. The van der Waals surface area contributed by atoms with E-state index < -0.39 is 0 Å². The molecule has 7 nitrogen and oxygen atoms in total. The van der Waals surface area contributed by atoms with Gasteiger partial charge in [0.25, 0.3) is 0 Å². The molecule has 0 aliphatic heterocycles. The highest BCUT2D eigenvalue weighted by molar-refractivity contribution is 5.58. The van der Waals surface area contributed by atoms with Crippen LogP contribution >= 0.6 is 0 Å². The molecule has 3 aromatic heterocycles. The maximum atomic E-state index is 8.75. The molecule has 0 fully saturated rings. The van der Waals surface area contributed by atoms with Crippen molar-refractivity contribution in [3.63, 3.8) is 0 Å².